The molecule has 0 N–H and O–H groups in total. The van der Waals surface area contributed by atoms with Crippen molar-refractivity contribution in [1.29, 1.82) is 0 Å². The van der Waals surface area contributed by atoms with Gasteiger partial charge in [-0.1, -0.05) is 19.1 Å². The molecule has 2 heterocycles. The number of halogens is 1. The van der Waals surface area contributed by atoms with Crippen molar-refractivity contribution in [3.63, 3.8) is 0 Å². The highest BCUT2D eigenvalue weighted by atomic mass is 19.1. The number of hydrogen-bond donors (Lipinski definition) is 0. The van der Waals surface area contributed by atoms with Gasteiger partial charge in [0.1, 0.15) is 5.82 Å². The van der Waals surface area contributed by atoms with E-state index in [0.29, 0.717) is 6.42 Å². The number of hydrogen-bond acceptors (Lipinski definition) is 2. The minimum Gasteiger partial charge on any atom is -0.334 e. The van der Waals surface area contributed by atoms with E-state index in [2.05, 4.69) is 0 Å². The zero-order valence-corrected chi connectivity index (χ0v) is 14.3. The standard InChI is InChI=1S/C20H23FN2O/c1-3-20(24)23-11-5-4-6-19(23)18-13-16(12-14(2)22-18)15-7-9-17(21)10-8-15/h7-10,12-13,19H,3-6,11H2,1-2H3. The first-order valence-electron chi connectivity index (χ1n) is 8.62. The van der Waals surface area contributed by atoms with Crippen LogP contribution in [0.3, 0.4) is 0 Å². The van der Waals surface area contributed by atoms with Crippen LogP contribution in [0.1, 0.15) is 50.0 Å². The molecule has 0 spiro atoms. The largest absolute Gasteiger partial charge is 0.334 e. The molecule has 1 aromatic carbocycles. The lowest BCUT2D eigenvalue weighted by Gasteiger charge is -2.35. The minimum absolute atomic E-state index is 0.0466. The summed E-state index contributed by atoms with van der Waals surface area (Å²) in [4.78, 5) is 19.0. The van der Waals surface area contributed by atoms with E-state index < -0.39 is 0 Å². The third kappa shape index (κ3) is 3.48. The number of pyridine rings is 1. The highest BCUT2D eigenvalue weighted by Crippen LogP contribution is 2.33. The number of carbonyl (C=O) groups is 1. The van der Waals surface area contributed by atoms with Gasteiger partial charge >= 0.3 is 0 Å². The Morgan fingerprint density at radius 2 is 1.96 bits per heavy atom. The molecule has 1 unspecified atom stereocenters. The van der Waals surface area contributed by atoms with E-state index in [9.17, 15) is 9.18 Å². The van der Waals surface area contributed by atoms with E-state index in [1.807, 2.05) is 30.9 Å². The van der Waals surface area contributed by atoms with E-state index in [0.717, 1.165) is 48.3 Å². The summed E-state index contributed by atoms with van der Waals surface area (Å²) in [5.41, 5.74) is 3.84. The zero-order valence-electron chi connectivity index (χ0n) is 14.3. The number of aromatic nitrogens is 1. The number of nitrogens with zero attached hydrogens (tertiary/aromatic N) is 2. The molecule has 1 saturated heterocycles. The van der Waals surface area contributed by atoms with Crippen LogP contribution in [-0.4, -0.2) is 22.3 Å². The first-order valence-corrected chi connectivity index (χ1v) is 8.62. The molecule has 3 rings (SSSR count). The van der Waals surface area contributed by atoms with Crippen LogP contribution in [0.4, 0.5) is 4.39 Å². The van der Waals surface area contributed by atoms with E-state index in [4.69, 9.17) is 4.98 Å². The third-order valence-corrected chi connectivity index (χ3v) is 4.62. The molecule has 1 amide bonds. The average molecular weight is 326 g/mol. The number of piperidine rings is 1. The van der Waals surface area contributed by atoms with E-state index >= 15 is 0 Å². The lowest BCUT2D eigenvalue weighted by molar-refractivity contribution is -0.134. The summed E-state index contributed by atoms with van der Waals surface area (Å²) in [5.74, 6) is -0.0527. The number of aryl methyl sites for hydroxylation is 1. The molecular formula is C20H23FN2O. The monoisotopic (exact) mass is 326 g/mol. The van der Waals surface area contributed by atoms with Gasteiger partial charge in [0, 0.05) is 18.7 Å². The van der Waals surface area contributed by atoms with Gasteiger partial charge in [-0.25, -0.2) is 4.39 Å². The summed E-state index contributed by atoms with van der Waals surface area (Å²) < 4.78 is 13.2. The molecule has 1 aliphatic heterocycles. The smallest absolute Gasteiger partial charge is 0.222 e. The lowest BCUT2D eigenvalue weighted by Crippen LogP contribution is -2.38. The molecule has 0 aliphatic carbocycles. The maximum atomic E-state index is 13.2. The van der Waals surface area contributed by atoms with Crippen molar-refractivity contribution in [1.82, 2.24) is 9.88 Å². The molecule has 1 aliphatic rings. The summed E-state index contributed by atoms with van der Waals surface area (Å²) in [6.45, 7) is 4.67. The van der Waals surface area contributed by atoms with Crippen LogP contribution in [0.25, 0.3) is 11.1 Å². The Bertz CT molecular complexity index is 727. The van der Waals surface area contributed by atoms with Crippen LogP contribution in [0.5, 0.6) is 0 Å². The summed E-state index contributed by atoms with van der Waals surface area (Å²) in [6, 6.07) is 10.6. The van der Waals surface area contributed by atoms with Crippen LogP contribution in [0, 0.1) is 12.7 Å². The topological polar surface area (TPSA) is 33.2 Å². The van der Waals surface area contributed by atoms with Crippen molar-refractivity contribution >= 4 is 5.91 Å². The molecular weight excluding hydrogens is 303 g/mol. The molecule has 1 atom stereocenters. The number of carbonyl (C=O) groups excluding carboxylic acids is 1. The number of amides is 1. The highest BCUT2D eigenvalue weighted by molar-refractivity contribution is 5.76. The summed E-state index contributed by atoms with van der Waals surface area (Å²) in [6.07, 6.45) is 3.64. The second-order valence-corrected chi connectivity index (χ2v) is 6.38. The van der Waals surface area contributed by atoms with Gasteiger partial charge in [-0.05, 0) is 61.6 Å². The molecule has 0 bridgehead atoms. The summed E-state index contributed by atoms with van der Waals surface area (Å²) in [7, 11) is 0. The van der Waals surface area contributed by atoms with Crippen molar-refractivity contribution in [3.8, 4) is 11.1 Å². The van der Waals surface area contributed by atoms with Crippen molar-refractivity contribution in [2.24, 2.45) is 0 Å². The van der Waals surface area contributed by atoms with Crippen LogP contribution >= 0.6 is 0 Å². The van der Waals surface area contributed by atoms with Crippen LogP contribution in [0.15, 0.2) is 36.4 Å². The fraction of sp³-hybridized carbons (Fsp3) is 0.400. The molecule has 24 heavy (non-hydrogen) atoms. The molecule has 4 heteroatoms. The van der Waals surface area contributed by atoms with E-state index in [1.165, 1.54) is 12.1 Å². The number of likely N-dealkylation sites (tertiary alicyclic amines) is 1. The third-order valence-electron chi connectivity index (χ3n) is 4.62. The van der Waals surface area contributed by atoms with Gasteiger partial charge in [0.15, 0.2) is 0 Å². The van der Waals surface area contributed by atoms with Gasteiger partial charge in [-0.2, -0.15) is 0 Å². The fourth-order valence-corrected chi connectivity index (χ4v) is 3.41. The second kappa shape index (κ2) is 7.12. The number of benzene rings is 1. The maximum absolute atomic E-state index is 13.2. The van der Waals surface area contributed by atoms with Crippen molar-refractivity contribution in [2.75, 3.05) is 6.54 Å². The molecule has 2 aromatic rings. The van der Waals surface area contributed by atoms with E-state index in [-0.39, 0.29) is 17.8 Å². The van der Waals surface area contributed by atoms with Crippen LogP contribution < -0.4 is 0 Å². The SMILES string of the molecule is CCC(=O)N1CCCCC1c1cc(-c2ccc(F)cc2)cc(C)n1. The molecule has 0 radical (unpaired) electrons. The predicted molar refractivity (Wildman–Crippen MR) is 93.0 cm³/mol. The highest BCUT2D eigenvalue weighted by Gasteiger charge is 2.28. The Labute approximate surface area is 142 Å². The van der Waals surface area contributed by atoms with Gasteiger partial charge in [-0.15, -0.1) is 0 Å². The molecule has 1 fully saturated rings. The summed E-state index contributed by atoms with van der Waals surface area (Å²) in [5, 5.41) is 0. The van der Waals surface area contributed by atoms with Crippen LogP contribution in [-0.2, 0) is 4.79 Å². The molecule has 126 valence electrons. The molecule has 3 nitrogen and oxygen atoms in total. The maximum Gasteiger partial charge on any atom is 0.222 e. The first kappa shape index (κ1) is 16.6. The number of rotatable bonds is 3. The first-order chi connectivity index (χ1) is 11.6. The van der Waals surface area contributed by atoms with Crippen molar-refractivity contribution < 1.29 is 9.18 Å². The van der Waals surface area contributed by atoms with Gasteiger partial charge in [0.2, 0.25) is 5.91 Å². The van der Waals surface area contributed by atoms with E-state index in [1.54, 1.807) is 12.1 Å². The Balaban J connectivity index is 1.98. The average Bonchev–Trinajstić information content (AvgIpc) is 2.61. The Kier molecular flexibility index (Phi) is 4.93. The fourth-order valence-electron chi connectivity index (χ4n) is 3.41. The van der Waals surface area contributed by atoms with Crippen molar-refractivity contribution in [2.45, 2.75) is 45.6 Å². The Morgan fingerprint density at radius 1 is 1.21 bits per heavy atom. The minimum atomic E-state index is -0.239. The zero-order chi connectivity index (χ0) is 17.1. The Hall–Kier alpha value is -2.23. The normalized spacial score (nSPS) is 17.8. The predicted octanol–water partition coefficient (Wildman–Crippen LogP) is 4.66. The second-order valence-electron chi connectivity index (χ2n) is 6.38. The molecule has 1 aromatic heterocycles. The van der Waals surface area contributed by atoms with Crippen molar-refractivity contribution in [3.05, 3.63) is 53.6 Å². The van der Waals surface area contributed by atoms with Gasteiger partial charge in [-0.3, -0.25) is 9.78 Å². The quantitative estimate of drug-likeness (QED) is 0.822. The van der Waals surface area contributed by atoms with Gasteiger partial charge < -0.3 is 4.90 Å². The van der Waals surface area contributed by atoms with Gasteiger partial charge in [0.05, 0.1) is 11.7 Å². The summed E-state index contributed by atoms with van der Waals surface area (Å²) >= 11 is 0. The lowest BCUT2D eigenvalue weighted by atomic mass is 9.95. The van der Waals surface area contributed by atoms with Crippen LogP contribution in [0.2, 0.25) is 0 Å². The molecule has 0 saturated carbocycles. The Morgan fingerprint density at radius 3 is 2.67 bits per heavy atom. The van der Waals surface area contributed by atoms with Gasteiger partial charge in [0.25, 0.3) is 0 Å².